The lowest BCUT2D eigenvalue weighted by molar-refractivity contribution is 0.0940. The number of nitrogens with zero attached hydrogens (tertiary/aromatic N) is 1. The Labute approximate surface area is 163 Å². The first-order valence-electron chi connectivity index (χ1n) is 10.2. The third kappa shape index (κ3) is 5.67. The SMILES string of the molecule is CC(C)Cc1ccc([C@H](C)NC(=O)c2ccc(CN3CCCC3)cc2)cc1. The molecule has 1 amide bonds. The third-order valence-electron chi connectivity index (χ3n) is 5.29. The van der Waals surface area contributed by atoms with Crippen molar-refractivity contribution in [1.82, 2.24) is 10.2 Å². The molecule has 2 aromatic carbocycles. The highest BCUT2D eigenvalue weighted by molar-refractivity contribution is 5.94. The standard InChI is InChI=1S/C24H32N2O/c1-18(2)16-20-6-10-22(11-7-20)19(3)25-24(27)23-12-8-21(9-13-23)17-26-14-4-5-15-26/h6-13,18-19H,4-5,14-17H2,1-3H3,(H,25,27)/t19-/m0/s1. The molecule has 0 aliphatic carbocycles. The highest BCUT2D eigenvalue weighted by atomic mass is 16.1. The van der Waals surface area contributed by atoms with E-state index in [1.165, 1.54) is 37.1 Å². The average molecular weight is 365 g/mol. The van der Waals surface area contributed by atoms with Crippen LogP contribution in [0.5, 0.6) is 0 Å². The van der Waals surface area contributed by atoms with E-state index in [-0.39, 0.29) is 11.9 Å². The number of benzene rings is 2. The summed E-state index contributed by atoms with van der Waals surface area (Å²) in [5.41, 5.74) is 4.49. The van der Waals surface area contributed by atoms with Crippen molar-refractivity contribution in [2.75, 3.05) is 13.1 Å². The maximum Gasteiger partial charge on any atom is 0.251 e. The predicted molar refractivity (Wildman–Crippen MR) is 112 cm³/mol. The van der Waals surface area contributed by atoms with Gasteiger partial charge in [-0.05, 0) is 74.0 Å². The summed E-state index contributed by atoms with van der Waals surface area (Å²) in [6.45, 7) is 9.86. The van der Waals surface area contributed by atoms with E-state index in [1.54, 1.807) is 0 Å². The summed E-state index contributed by atoms with van der Waals surface area (Å²) in [7, 11) is 0. The Morgan fingerprint density at radius 2 is 1.52 bits per heavy atom. The molecule has 3 heteroatoms. The van der Waals surface area contributed by atoms with Crippen LogP contribution in [-0.2, 0) is 13.0 Å². The van der Waals surface area contributed by atoms with Crippen LogP contribution in [0.1, 0.15) is 66.7 Å². The summed E-state index contributed by atoms with van der Waals surface area (Å²) in [6.07, 6.45) is 3.69. The molecule has 2 aromatic rings. The minimum absolute atomic E-state index is 0.00474. The molecule has 0 bridgehead atoms. The van der Waals surface area contributed by atoms with Gasteiger partial charge in [-0.3, -0.25) is 9.69 Å². The Balaban J connectivity index is 1.55. The van der Waals surface area contributed by atoms with Crippen molar-refractivity contribution in [1.29, 1.82) is 0 Å². The van der Waals surface area contributed by atoms with Crippen LogP contribution in [0.4, 0.5) is 0 Å². The minimum Gasteiger partial charge on any atom is -0.346 e. The highest BCUT2D eigenvalue weighted by Crippen LogP contribution is 2.17. The van der Waals surface area contributed by atoms with Gasteiger partial charge in [-0.15, -0.1) is 0 Å². The molecule has 1 aliphatic heterocycles. The summed E-state index contributed by atoms with van der Waals surface area (Å²) < 4.78 is 0. The predicted octanol–water partition coefficient (Wildman–Crippen LogP) is 4.97. The first kappa shape index (κ1) is 19.6. The third-order valence-corrected chi connectivity index (χ3v) is 5.29. The van der Waals surface area contributed by atoms with E-state index in [4.69, 9.17) is 0 Å². The molecule has 3 nitrogen and oxygen atoms in total. The Kier molecular flexibility index (Phi) is 6.68. The lowest BCUT2D eigenvalue weighted by Crippen LogP contribution is -2.26. The Morgan fingerprint density at radius 1 is 0.926 bits per heavy atom. The molecule has 1 atom stereocenters. The first-order valence-corrected chi connectivity index (χ1v) is 10.2. The van der Waals surface area contributed by atoms with Crippen LogP contribution in [0.25, 0.3) is 0 Å². The number of hydrogen-bond acceptors (Lipinski definition) is 2. The summed E-state index contributed by atoms with van der Waals surface area (Å²) in [5.74, 6) is 0.642. The fraction of sp³-hybridized carbons (Fsp3) is 0.458. The Morgan fingerprint density at radius 3 is 2.11 bits per heavy atom. The van der Waals surface area contributed by atoms with Crippen LogP contribution in [0, 0.1) is 5.92 Å². The van der Waals surface area contributed by atoms with Gasteiger partial charge in [-0.1, -0.05) is 50.2 Å². The van der Waals surface area contributed by atoms with Gasteiger partial charge in [0.05, 0.1) is 6.04 Å². The fourth-order valence-corrected chi connectivity index (χ4v) is 3.74. The molecule has 0 spiro atoms. The zero-order valence-electron chi connectivity index (χ0n) is 16.9. The van der Waals surface area contributed by atoms with E-state index in [0.29, 0.717) is 5.92 Å². The van der Waals surface area contributed by atoms with Gasteiger partial charge in [0.1, 0.15) is 0 Å². The van der Waals surface area contributed by atoms with Crippen molar-refractivity contribution >= 4 is 5.91 Å². The molecule has 0 radical (unpaired) electrons. The quantitative estimate of drug-likeness (QED) is 0.752. The zero-order valence-corrected chi connectivity index (χ0v) is 16.9. The number of likely N-dealkylation sites (tertiary alicyclic amines) is 1. The normalized spacial score (nSPS) is 15.9. The smallest absolute Gasteiger partial charge is 0.251 e. The second-order valence-corrected chi connectivity index (χ2v) is 8.21. The molecule has 1 N–H and O–H groups in total. The number of nitrogens with one attached hydrogen (secondary N) is 1. The number of hydrogen-bond donors (Lipinski definition) is 1. The Bertz CT molecular complexity index is 728. The molecule has 1 heterocycles. The van der Waals surface area contributed by atoms with Crippen LogP contribution in [0.3, 0.4) is 0 Å². The van der Waals surface area contributed by atoms with Gasteiger partial charge >= 0.3 is 0 Å². The van der Waals surface area contributed by atoms with E-state index in [0.717, 1.165) is 24.1 Å². The lowest BCUT2D eigenvalue weighted by Gasteiger charge is -2.16. The summed E-state index contributed by atoms with van der Waals surface area (Å²) in [6, 6.07) is 16.6. The fourth-order valence-electron chi connectivity index (χ4n) is 3.74. The molecule has 1 saturated heterocycles. The average Bonchev–Trinajstić information content (AvgIpc) is 3.15. The first-order chi connectivity index (χ1) is 13.0. The lowest BCUT2D eigenvalue weighted by atomic mass is 10.00. The van der Waals surface area contributed by atoms with Gasteiger partial charge < -0.3 is 5.32 Å². The van der Waals surface area contributed by atoms with E-state index >= 15 is 0 Å². The molecule has 0 aromatic heterocycles. The van der Waals surface area contributed by atoms with Crippen LogP contribution in [0.15, 0.2) is 48.5 Å². The van der Waals surface area contributed by atoms with Gasteiger partial charge in [0.25, 0.3) is 5.91 Å². The van der Waals surface area contributed by atoms with Crippen molar-refractivity contribution in [2.45, 2.75) is 52.6 Å². The second kappa shape index (κ2) is 9.18. The zero-order chi connectivity index (χ0) is 19.2. The number of amides is 1. The van der Waals surface area contributed by atoms with Crippen molar-refractivity contribution < 1.29 is 4.79 Å². The van der Waals surface area contributed by atoms with Gasteiger partial charge in [-0.2, -0.15) is 0 Å². The molecule has 3 rings (SSSR count). The van der Waals surface area contributed by atoms with Crippen molar-refractivity contribution in [2.24, 2.45) is 5.92 Å². The van der Waals surface area contributed by atoms with Crippen molar-refractivity contribution in [3.8, 4) is 0 Å². The molecule has 0 unspecified atom stereocenters. The van der Waals surface area contributed by atoms with Gasteiger partial charge in [0, 0.05) is 12.1 Å². The van der Waals surface area contributed by atoms with Gasteiger partial charge in [0.15, 0.2) is 0 Å². The van der Waals surface area contributed by atoms with E-state index in [9.17, 15) is 4.79 Å². The maximum atomic E-state index is 12.6. The van der Waals surface area contributed by atoms with E-state index in [2.05, 4.69) is 60.5 Å². The Hall–Kier alpha value is -2.13. The van der Waals surface area contributed by atoms with Crippen LogP contribution < -0.4 is 5.32 Å². The monoisotopic (exact) mass is 364 g/mol. The van der Waals surface area contributed by atoms with Crippen molar-refractivity contribution in [3.63, 3.8) is 0 Å². The summed E-state index contributed by atoms with van der Waals surface area (Å²) in [5, 5.41) is 3.12. The largest absolute Gasteiger partial charge is 0.346 e. The molecule has 0 saturated carbocycles. The summed E-state index contributed by atoms with van der Waals surface area (Å²) in [4.78, 5) is 15.0. The molecule has 27 heavy (non-hydrogen) atoms. The topological polar surface area (TPSA) is 32.3 Å². The highest BCUT2D eigenvalue weighted by Gasteiger charge is 2.14. The van der Waals surface area contributed by atoms with Crippen molar-refractivity contribution in [3.05, 3.63) is 70.8 Å². The molecule has 1 fully saturated rings. The summed E-state index contributed by atoms with van der Waals surface area (Å²) >= 11 is 0. The van der Waals surface area contributed by atoms with Gasteiger partial charge in [-0.25, -0.2) is 0 Å². The number of carbonyl (C=O) groups is 1. The molecular formula is C24H32N2O. The molecular weight excluding hydrogens is 332 g/mol. The molecule has 144 valence electrons. The van der Waals surface area contributed by atoms with Crippen LogP contribution in [0.2, 0.25) is 0 Å². The minimum atomic E-state index is -0.0125. The van der Waals surface area contributed by atoms with Gasteiger partial charge in [0.2, 0.25) is 0 Å². The number of rotatable bonds is 7. The number of carbonyl (C=O) groups excluding carboxylic acids is 1. The maximum absolute atomic E-state index is 12.6. The van der Waals surface area contributed by atoms with E-state index in [1.807, 2.05) is 19.1 Å². The second-order valence-electron chi connectivity index (χ2n) is 8.21. The van der Waals surface area contributed by atoms with Crippen LogP contribution >= 0.6 is 0 Å². The molecule has 1 aliphatic rings. The van der Waals surface area contributed by atoms with E-state index < -0.39 is 0 Å². The van der Waals surface area contributed by atoms with Crippen LogP contribution in [-0.4, -0.2) is 23.9 Å².